The van der Waals surface area contributed by atoms with Crippen molar-refractivity contribution in [3.8, 4) is 22.7 Å². The number of aromatic nitrogens is 4. The molecule has 0 atom stereocenters. The number of nitrogens with zero attached hydrogens (tertiary/aromatic N) is 4. The number of methoxy groups -OCH3 is 1. The first kappa shape index (κ1) is 19.1. The van der Waals surface area contributed by atoms with E-state index in [0.29, 0.717) is 11.9 Å². The number of anilines is 2. The van der Waals surface area contributed by atoms with Crippen molar-refractivity contribution in [1.29, 1.82) is 0 Å². The van der Waals surface area contributed by atoms with E-state index >= 15 is 0 Å². The summed E-state index contributed by atoms with van der Waals surface area (Å²) in [7, 11) is 1.66. The topological polar surface area (TPSA) is 64.9 Å². The number of imidazole rings is 1. The number of nitrogens with one attached hydrogen (secondary N) is 1. The maximum Gasteiger partial charge on any atom is 0.229 e. The minimum absolute atomic E-state index is 0.519. The minimum atomic E-state index is 0.519. The fourth-order valence-corrected chi connectivity index (χ4v) is 3.40. The highest BCUT2D eigenvalue weighted by Gasteiger charge is 2.15. The van der Waals surface area contributed by atoms with Crippen molar-refractivity contribution in [2.75, 3.05) is 12.4 Å². The molecule has 0 unspecified atom stereocenters. The largest absolute Gasteiger partial charge is 0.497 e. The number of rotatable bonds is 5. The van der Waals surface area contributed by atoms with Crippen molar-refractivity contribution in [1.82, 2.24) is 19.5 Å². The Balaban J connectivity index is 1.83. The van der Waals surface area contributed by atoms with Gasteiger partial charge in [-0.15, -0.1) is 0 Å². The fourth-order valence-electron chi connectivity index (χ4n) is 3.14. The lowest BCUT2D eigenvalue weighted by molar-refractivity contribution is 0.415. The zero-order chi connectivity index (χ0) is 20.4. The Hall–Kier alpha value is -3.19. The first-order valence-electron chi connectivity index (χ1n) is 9.11. The Kier molecular flexibility index (Phi) is 5.31. The zero-order valence-corrected chi connectivity index (χ0v) is 17.9. The Morgan fingerprint density at radius 1 is 0.931 bits per heavy atom. The van der Waals surface area contributed by atoms with Gasteiger partial charge in [-0.3, -0.25) is 9.88 Å². The van der Waals surface area contributed by atoms with E-state index in [0.717, 1.165) is 38.6 Å². The van der Waals surface area contributed by atoms with E-state index in [1.54, 1.807) is 7.11 Å². The molecule has 2 aromatic heterocycles. The van der Waals surface area contributed by atoms with Crippen LogP contribution in [-0.2, 0) is 0 Å². The van der Waals surface area contributed by atoms with Gasteiger partial charge in [0.15, 0.2) is 0 Å². The predicted octanol–water partition coefficient (Wildman–Crippen LogP) is 5.46. The zero-order valence-electron chi connectivity index (χ0n) is 16.3. The third kappa shape index (κ3) is 4.14. The number of hydrogen-bond acceptors (Lipinski definition) is 5. The lowest BCUT2D eigenvalue weighted by Crippen LogP contribution is -2.07. The molecule has 0 spiro atoms. The molecule has 0 bridgehead atoms. The van der Waals surface area contributed by atoms with Crippen molar-refractivity contribution in [3.63, 3.8) is 0 Å². The van der Waals surface area contributed by atoms with E-state index in [-0.39, 0.29) is 0 Å². The number of hydrogen-bond donors (Lipinski definition) is 1. The molecule has 0 fully saturated rings. The Bertz CT molecular complexity index is 1120. The van der Waals surface area contributed by atoms with Crippen molar-refractivity contribution in [3.05, 3.63) is 76.7 Å². The minimum Gasteiger partial charge on any atom is -0.497 e. The van der Waals surface area contributed by atoms with Crippen molar-refractivity contribution in [2.24, 2.45) is 0 Å². The summed E-state index contributed by atoms with van der Waals surface area (Å²) in [6.45, 7) is 3.89. The van der Waals surface area contributed by atoms with Gasteiger partial charge in [-0.05, 0) is 56.3 Å². The average Bonchev–Trinajstić information content (AvgIpc) is 3.11. The standard InChI is InChI=1S/C22H20BrN5O/c1-14-12-15(2)26-21(25-14)27-22-24-13-20(16-4-6-17(23)7-5-16)28(22)18-8-10-19(29-3)11-9-18/h4-13H,1-3H3,(H,24,25,26,27). The molecule has 4 rings (SSSR count). The molecule has 4 aromatic rings. The molecule has 0 aliphatic rings. The Morgan fingerprint density at radius 3 is 2.21 bits per heavy atom. The van der Waals surface area contributed by atoms with Crippen molar-refractivity contribution in [2.45, 2.75) is 13.8 Å². The average molecular weight is 450 g/mol. The summed E-state index contributed by atoms with van der Waals surface area (Å²) in [5.41, 5.74) is 4.75. The number of halogens is 1. The van der Waals surface area contributed by atoms with Gasteiger partial charge < -0.3 is 4.74 Å². The van der Waals surface area contributed by atoms with Crippen molar-refractivity contribution < 1.29 is 4.74 Å². The first-order chi connectivity index (χ1) is 14.0. The van der Waals surface area contributed by atoms with E-state index in [2.05, 4.69) is 48.3 Å². The molecular formula is C22H20BrN5O. The normalized spacial score (nSPS) is 10.8. The first-order valence-corrected chi connectivity index (χ1v) is 9.90. The van der Waals surface area contributed by atoms with E-state index < -0.39 is 0 Å². The maximum atomic E-state index is 5.30. The second kappa shape index (κ2) is 8.05. The molecular weight excluding hydrogens is 430 g/mol. The van der Waals surface area contributed by atoms with Crippen LogP contribution in [0.3, 0.4) is 0 Å². The van der Waals surface area contributed by atoms with Crippen LogP contribution in [0.2, 0.25) is 0 Å². The lowest BCUT2D eigenvalue weighted by atomic mass is 10.1. The summed E-state index contributed by atoms with van der Waals surface area (Å²) in [5.74, 6) is 1.95. The molecule has 7 heteroatoms. The highest BCUT2D eigenvalue weighted by Crippen LogP contribution is 2.30. The molecule has 6 nitrogen and oxygen atoms in total. The Morgan fingerprint density at radius 2 is 1.59 bits per heavy atom. The summed E-state index contributed by atoms with van der Waals surface area (Å²) in [6.07, 6.45) is 1.85. The van der Waals surface area contributed by atoms with Crippen LogP contribution in [0.1, 0.15) is 11.4 Å². The molecule has 2 heterocycles. The molecule has 0 aliphatic heterocycles. The van der Waals surface area contributed by atoms with Gasteiger partial charge in [0.1, 0.15) is 5.75 Å². The molecule has 0 saturated heterocycles. The van der Waals surface area contributed by atoms with E-state index in [1.165, 1.54) is 0 Å². The summed E-state index contributed by atoms with van der Waals surface area (Å²) < 4.78 is 8.37. The van der Waals surface area contributed by atoms with Gasteiger partial charge in [0.05, 0.1) is 19.0 Å². The van der Waals surface area contributed by atoms with E-state index in [1.807, 2.05) is 67.1 Å². The second-order valence-electron chi connectivity index (χ2n) is 6.61. The van der Waals surface area contributed by atoms with Crippen LogP contribution >= 0.6 is 15.9 Å². The third-order valence-corrected chi connectivity index (χ3v) is 4.97. The summed E-state index contributed by atoms with van der Waals surface area (Å²) in [6, 6.07) is 17.9. The van der Waals surface area contributed by atoms with Crippen molar-refractivity contribution >= 4 is 27.8 Å². The van der Waals surface area contributed by atoms with Gasteiger partial charge in [0.2, 0.25) is 11.9 Å². The Labute approximate surface area is 177 Å². The van der Waals surface area contributed by atoms with Crippen LogP contribution in [0.4, 0.5) is 11.9 Å². The summed E-state index contributed by atoms with van der Waals surface area (Å²) in [4.78, 5) is 13.6. The van der Waals surface area contributed by atoms with Gasteiger partial charge >= 0.3 is 0 Å². The highest BCUT2D eigenvalue weighted by molar-refractivity contribution is 9.10. The van der Waals surface area contributed by atoms with Gasteiger partial charge in [0, 0.05) is 27.1 Å². The van der Waals surface area contributed by atoms with Crippen LogP contribution in [-0.4, -0.2) is 26.6 Å². The van der Waals surface area contributed by atoms with Crippen LogP contribution in [0.15, 0.2) is 65.3 Å². The van der Waals surface area contributed by atoms with E-state index in [9.17, 15) is 0 Å². The second-order valence-corrected chi connectivity index (χ2v) is 7.52. The monoisotopic (exact) mass is 449 g/mol. The van der Waals surface area contributed by atoms with Gasteiger partial charge in [-0.2, -0.15) is 0 Å². The van der Waals surface area contributed by atoms with Gasteiger partial charge in [-0.1, -0.05) is 28.1 Å². The molecule has 0 radical (unpaired) electrons. The molecule has 2 aromatic carbocycles. The smallest absolute Gasteiger partial charge is 0.229 e. The van der Waals surface area contributed by atoms with Crippen LogP contribution in [0.5, 0.6) is 5.75 Å². The SMILES string of the molecule is COc1ccc(-n2c(-c3ccc(Br)cc3)cnc2Nc2nc(C)cc(C)n2)cc1. The molecule has 0 aliphatic carbocycles. The number of benzene rings is 2. The predicted molar refractivity (Wildman–Crippen MR) is 118 cm³/mol. The van der Waals surface area contributed by atoms with E-state index in [4.69, 9.17) is 4.74 Å². The van der Waals surface area contributed by atoms with Crippen LogP contribution in [0, 0.1) is 13.8 Å². The van der Waals surface area contributed by atoms with Gasteiger partial charge in [0.25, 0.3) is 0 Å². The molecule has 29 heavy (non-hydrogen) atoms. The highest BCUT2D eigenvalue weighted by atomic mass is 79.9. The lowest BCUT2D eigenvalue weighted by Gasteiger charge is -2.14. The number of aryl methyl sites for hydroxylation is 2. The third-order valence-electron chi connectivity index (χ3n) is 4.44. The molecule has 146 valence electrons. The molecule has 0 saturated carbocycles. The van der Waals surface area contributed by atoms with Gasteiger partial charge in [-0.25, -0.2) is 15.0 Å². The van der Waals surface area contributed by atoms with Crippen LogP contribution < -0.4 is 10.1 Å². The number of ether oxygens (including phenoxy) is 1. The summed E-state index contributed by atoms with van der Waals surface area (Å²) >= 11 is 3.50. The molecule has 0 amide bonds. The maximum absolute atomic E-state index is 5.30. The fraction of sp³-hybridized carbons (Fsp3) is 0.136. The quantitative estimate of drug-likeness (QED) is 0.438. The molecule has 1 N–H and O–H groups in total. The van der Waals surface area contributed by atoms with Crippen LogP contribution in [0.25, 0.3) is 16.9 Å². The summed E-state index contributed by atoms with van der Waals surface area (Å²) in [5, 5.41) is 3.27.